The minimum atomic E-state index is -1.51. The third kappa shape index (κ3) is 15.6. The third-order valence-corrected chi connectivity index (χ3v) is 0.362. The first-order chi connectivity index (χ1) is 3.63. The zero-order valence-electron chi connectivity index (χ0n) is 5.33. The molecule has 0 heterocycles. The van der Waals surface area contributed by atoms with Crippen molar-refractivity contribution in [3.63, 3.8) is 0 Å². The van der Waals surface area contributed by atoms with Crippen molar-refractivity contribution in [2.45, 2.75) is 0 Å². The van der Waals surface area contributed by atoms with E-state index in [0.29, 0.717) is 12.2 Å². The maximum absolute atomic E-state index is 9.53. The molecule has 0 unspecified atom stereocenters. The molecule has 0 amide bonds. The van der Waals surface area contributed by atoms with Gasteiger partial charge >= 0.3 is 35.5 Å². The van der Waals surface area contributed by atoms with Crippen LogP contribution in [0.15, 0.2) is 12.2 Å². The van der Waals surface area contributed by atoms with E-state index in [1.807, 2.05) is 0 Å². The van der Waals surface area contributed by atoms with Crippen molar-refractivity contribution in [3.05, 3.63) is 12.2 Å². The molecule has 5 nitrogen and oxygen atoms in total. The smallest absolute Gasteiger partial charge is 0.545 e. The standard InChI is InChI=1S/C4H4O4.Na.H2O/c5-3(6)1-2-4(7)8;;/h1-2H,(H,5,6)(H,7,8);;1H2/q;+1;/p-1/b2-1-;;. The van der Waals surface area contributed by atoms with Crippen LogP contribution >= 0.6 is 0 Å². The molecule has 3 N–H and O–H groups in total. The average Bonchev–Trinajstić information content (AvgIpc) is 1.61. The molecule has 0 fully saturated rings. The molecule has 10 heavy (non-hydrogen) atoms. The van der Waals surface area contributed by atoms with Gasteiger partial charge in [-0.25, -0.2) is 4.79 Å². The molecule has 52 valence electrons. The molecule has 0 atom stereocenters. The molecule has 0 bridgehead atoms. The van der Waals surface area contributed by atoms with E-state index in [0.717, 1.165) is 0 Å². The van der Waals surface area contributed by atoms with Crippen molar-refractivity contribution in [3.8, 4) is 0 Å². The van der Waals surface area contributed by atoms with Crippen LogP contribution < -0.4 is 34.7 Å². The normalized spacial score (nSPS) is 7.60. The molecule has 0 aromatic carbocycles. The second-order valence-corrected chi connectivity index (χ2v) is 0.991. The maximum Gasteiger partial charge on any atom is 1.00 e. The molecule has 0 rings (SSSR count). The van der Waals surface area contributed by atoms with Gasteiger partial charge in [0.1, 0.15) is 0 Å². The Labute approximate surface area is 79.0 Å². The first-order valence-electron chi connectivity index (χ1n) is 1.75. The largest absolute Gasteiger partial charge is 1.00 e. The van der Waals surface area contributed by atoms with Crippen LogP contribution in [0.4, 0.5) is 0 Å². The van der Waals surface area contributed by atoms with Crippen molar-refractivity contribution in [2.24, 2.45) is 0 Å². The van der Waals surface area contributed by atoms with Crippen LogP contribution in [0.1, 0.15) is 0 Å². The molecule has 0 aromatic heterocycles. The Balaban J connectivity index is -0.000000245. The van der Waals surface area contributed by atoms with Gasteiger partial charge in [-0.05, 0) is 6.08 Å². The van der Waals surface area contributed by atoms with Crippen molar-refractivity contribution < 1.29 is 54.8 Å². The Kier molecular flexibility index (Phi) is 14.1. The molecule has 0 saturated carbocycles. The molecule has 0 spiro atoms. The summed E-state index contributed by atoms with van der Waals surface area (Å²) in [4.78, 5) is 19.0. The number of rotatable bonds is 2. The summed E-state index contributed by atoms with van der Waals surface area (Å²) in [6.07, 6.45) is 0.942. The predicted molar refractivity (Wildman–Crippen MR) is 25.4 cm³/mol. The van der Waals surface area contributed by atoms with E-state index in [1.165, 1.54) is 0 Å². The molecule has 0 saturated heterocycles. The van der Waals surface area contributed by atoms with Gasteiger partial charge in [-0.3, -0.25) is 0 Å². The summed E-state index contributed by atoms with van der Waals surface area (Å²) in [6.45, 7) is 0. The average molecular weight is 156 g/mol. The van der Waals surface area contributed by atoms with Gasteiger partial charge in [0, 0.05) is 6.08 Å². The van der Waals surface area contributed by atoms with Crippen molar-refractivity contribution in [2.75, 3.05) is 0 Å². The first-order valence-corrected chi connectivity index (χ1v) is 1.75. The minimum Gasteiger partial charge on any atom is -0.545 e. The molecule has 0 aromatic rings. The van der Waals surface area contributed by atoms with Crippen LogP contribution in [0, 0.1) is 0 Å². The minimum absolute atomic E-state index is 0. The molecule has 0 aliphatic heterocycles. The van der Waals surface area contributed by atoms with Gasteiger partial charge in [0.25, 0.3) is 0 Å². The molecular weight excluding hydrogens is 151 g/mol. The van der Waals surface area contributed by atoms with E-state index in [1.54, 1.807) is 0 Å². The topological polar surface area (TPSA) is 109 Å². The van der Waals surface area contributed by atoms with Crippen LogP contribution in [0.25, 0.3) is 0 Å². The number of hydrogen-bond acceptors (Lipinski definition) is 3. The van der Waals surface area contributed by atoms with Gasteiger partial charge < -0.3 is 20.5 Å². The fraction of sp³-hybridized carbons (Fsp3) is 0. The number of hydrogen-bond donors (Lipinski definition) is 1. The summed E-state index contributed by atoms with van der Waals surface area (Å²) in [7, 11) is 0. The van der Waals surface area contributed by atoms with Gasteiger partial charge in [0.05, 0.1) is 5.97 Å². The van der Waals surface area contributed by atoms with E-state index < -0.39 is 11.9 Å². The fourth-order valence-electron chi connectivity index (χ4n) is 0.139. The number of carboxylic acids is 2. The second kappa shape index (κ2) is 8.64. The maximum atomic E-state index is 9.53. The summed E-state index contributed by atoms with van der Waals surface area (Å²) in [5.41, 5.74) is 0. The molecule has 6 heteroatoms. The van der Waals surface area contributed by atoms with Crippen molar-refractivity contribution in [1.29, 1.82) is 0 Å². The summed E-state index contributed by atoms with van der Waals surface area (Å²) < 4.78 is 0. The monoisotopic (exact) mass is 156 g/mol. The van der Waals surface area contributed by atoms with Gasteiger partial charge in [0.2, 0.25) is 0 Å². The number of aliphatic carboxylic acids is 2. The van der Waals surface area contributed by atoms with Crippen LogP contribution in [0.5, 0.6) is 0 Å². The second-order valence-electron chi connectivity index (χ2n) is 0.991. The molecule has 0 aliphatic carbocycles. The Morgan fingerprint density at radius 3 is 1.80 bits per heavy atom. The number of carboxylic acid groups (broad SMARTS) is 2. The molecule has 0 aliphatic rings. The SMILES string of the molecule is O.O=C([O-])/C=C\C(=O)O.[Na+]. The Morgan fingerprint density at radius 2 is 1.70 bits per heavy atom. The predicted octanol–water partition coefficient (Wildman–Crippen LogP) is -5.44. The van der Waals surface area contributed by atoms with E-state index in [4.69, 9.17) is 5.11 Å². The van der Waals surface area contributed by atoms with Crippen molar-refractivity contribution >= 4 is 11.9 Å². The fourth-order valence-corrected chi connectivity index (χ4v) is 0.139. The van der Waals surface area contributed by atoms with E-state index in [2.05, 4.69) is 0 Å². The Bertz CT molecular complexity index is 125. The van der Waals surface area contributed by atoms with Crippen LogP contribution in [-0.2, 0) is 9.59 Å². The van der Waals surface area contributed by atoms with Gasteiger partial charge in [-0.2, -0.15) is 0 Å². The first kappa shape index (κ1) is 16.3. The summed E-state index contributed by atoms with van der Waals surface area (Å²) in [5.74, 6) is -2.80. The molecule has 0 radical (unpaired) electrons. The van der Waals surface area contributed by atoms with E-state index >= 15 is 0 Å². The zero-order chi connectivity index (χ0) is 6.57. The Hall–Kier alpha value is -0.360. The summed E-state index contributed by atoms with van der Waals surface area (Å²) >= 11 is 0. The van der Waals surface area contributed by atoms with Gasteiger partial charge in [-0.1, -0.05) is 0 Å². The number of carbonyl (C=O) groups excluding carboxylic acids is 1. The van der Waals surface area contributed by atoms with E-state index in [-0.39, 0.29) is 35.0 Å². The van der Waals surface area contributed by atoms with Crippen LogP contribution in [0.3, 0.4) is 0 Å². The quantitative estimate of drug-likeness (QED) is 0.317. The van der Waals surface area contributed by atoms with E-state index in [9.17, 15) is 14.7 Å². The Morgan fingerprint density at radius 1 is 1.30 bits per heavy atom. The summed E-state index contributed by atoms with van der Waals surface area (Å²) in [5, 5.41) is 17.2. The third-order valence-electron chi connectivity index (χ3n) is 0.362. The molecular formula is C4H5NaO5. The zero-order valence-corrected chi connectivity index (χ0v) is 7.33. The van der Waals surface area contributed by atoms with Gasteiger partial charge in [-0.15, -0.1) is 0 Å². The van der Waals surface area contributed by atoms with Crippen molar-refractivity contribution in [1.82, 2.24) is 0 Å². The van der Waals surface area contributed by atoms with Crippen LogP contribution in [0.2, 0.25) is 0 Å². The van der Waals surface area contributed by atoms with Crippen LogP contribution in [-0.4, -0.2) is 22.5 Å². The van der Waals surface area contributed by atoms with Gasteiger partial charge in [0.15, 0.2) is 0 Å². The number of carbonyl (C=O) groups is 2. The summed E-state index contributed by atoms with van der Waals surface area (Å²) in [6, 6.07) is 0.